The number of hydrogen-bond acceptors (Lipinski definition) is 2. The number of hydrogen-bond donors (Lipinski definition) is 0. The molecular weight excluding hydrogens is 263 g/mol. The fraction of sp³-hybridized carbons (Fsp3) is 0.125. The molecule has 0 bridgehead atoms. The molecule has 0 aliphatic heterocycles. The summed E-state index contributed by atoms with van der Waals surface area (Å²) in [6, 6.07) is 0.649. The van der Waals surface area contributed by atoms with Gasteiger partial charge in [0.2, 0.25) is 6.08 Å². The molecule has 0 saturated heterocycles. The molecule has 0 heterocycles. The van der Waals surface area contributed by atoms with Crippen LogP contribution in [0.5, 0.6) is 0 Å². The van der Waals surface area contributed by atoms with E-state index in [-0.39, 0.29) is 12.1 Å². The van der Waals surface area contributed by atoms with Crippen molar-refractivity contribution in [2.24, 2.45) is 4.99 Å². The monoisotopic (exact) mass is 265 g/mol. The van der Waals surface area contributed by atoms with Crippen molar-refractivity contribution in [3.8, 4) is 0 Å². The Hall–Kier alpha value is -1.13. The number of rotatable bonds is 2. The minimum atomic E-state index is -1.30. The predicted octanol–water partition coefficient (Wildman–Crippen LogP) is 2.70. The van der Waals surface area contributed by atoms with E-state index in [2.05, 4.69) is 20.9 Å². The third kappa shape index (κ3) is 2.02. The molecule has 0 saturated carbocycles. The summed E-state index contributed by atoms with van der Waals surface area (Å²) in [6.07, 6.45) is 1.17. The Bertz CT molecular complexity index is 416. The first kappa shape index (κ1) is 10.9. The highest BCUT2D eigenvalue weighted by Crippen LogP contribution is 2.25. The zero-order valence-electron chi connectivity index (χ0n) is 6.65. The van der Waals surface area contributed by atoms with Gasteiger partial charge in [0.1, 0.15) is 5.82 Å². The van der Waals surface area contributed by atoms with Crippen LogP contribution in [-0.2, 0) is 11.3 Å². The molecule has 6 heteroatoms. The summed E-state index contributed by atoms with van der Waals surface area (Å²) in [5.41, 5.74) is -0.209. The molecule has 1 rings (SSSR count). The fourth-order valence-corrected chi connectivity index (χ4v) is 1.30. The summed E-state index contributed by atoms with van der Waals surface area (Å²) in [7, 11) is 0. The second kappa shape index (κ2) is 4.39. The molecule has 0 aromatic heterocycles. The van der Waals surface area contributed by atoms with Crippen LogP contribution < -0.4 is 0 Å². The summed E-state index contributed by atoms with van der Waals surface area (Å²) >= 11 is 2.54. The second-order valence-corrected chi connectivity index (χ2v) is 3.16. The number of isocyanates is 1. The second-order valence-electron chi connectivity index (χ2n) is 2.37. The maximum absolute atomic E-state index is 13.1. The SMILES string of the molecule is O=C=NCc1cc(F)c(F)c(Br)c1F. The van der Waals surface area contributed by atoms with E-state index in [1.165, 1.54) is 6.08 Å². The summed E-state index contributed by atoms with van der Waals surface area (Å²) in [4.78, 5) is 12.8. The maximum Gasteiger partial charge on any atom is 0.235 e. The van der Waals surface area contributed by atoms with Crippen molar-refractivity contribution in [3.63, 3.8) is 0 Å². The van der Waals surface area contributed by atoms with Crippen LogP contribution in [0.1, 0.15) is 5.56 Å². The molecule has 0 fully saturated rings. The van der Waals surface area contributed by atoms with Crippen LogP contribution in [0.25, 0.3) is 0 Å². The van der Waals surface area contributed by atoms with Crippen molar-refractivity contribution < 1.29 is 18.0 Å². The van der Waals surface area contributed by atoms with Gasteiger partial charge in [-0.05, 0) is 22.0 Å². The Labute approximate surface area is 85.6 Å². The molecule has 0 N–H and O–H groups in total. The third-order valence-corrected chi connectivity index (χ3v) is 2.19. The van der Waals surface area contributed by atoms with Crippen molar-refractivity contribution in [1.29, 1.82) is 0 Å². The lowest BCUT2D eigenvalue weighted by atomic mass is 10.2. The summed E-state index contributed by atoms with van der Waals surface area (Å²) < 4.78 is 38.0. The van der Waals surface area contributed by atoms with Gasteiger partial charge in [-0.25, -0.2) is 23.0 Å². The van der Waals surface area contributed by atoms with Gasteiger partial charge in [0.25, 0.3) is 0 Å². The lowest BCUT2D eigenvalue weighted by Crippen LogP contribution is -1.97. The van der Waals surface area contributed by atoms with Gasteiger partial charge in [-0.3, -0.25) is 0 Å². The highest BCUT2D eigenvalue weighted by molar-refractivity contribution is 9.10. The lowest BCUT2D eigenvalue weighted by Gasteiger charge is -2.03. The molecule has 2 nitrogen and oxygen atoms in total. The third-order valence-electron chi connectivity index (χ3n) is 1.49. The zero-order chi connectivity index (χ0) is 10.7. The number of halogens is 4. The normalized spacial score (nSPS) is 9.71. The number of nitrogens with zero attached hydrogens (tertiary/aromatic N) is 1. The van der Waals surface area contributed by atoms with E-state index in [0.29, 0.717) is 6.07 Å². The van der Waals surface area contributed by atoms with Gasteiger partial charge < -0.3 is 0 Å². The van der Waals surface area contributed by atoms with Gasteiger partial charge in [0.05, 0.1) is 11.0 Å². The first-order valence-corrected chi connectivity index (χ1v) is 4.22. The van der Waals surface area contributed by atoms with Crippen molar-refractivity contribution in [3.05, 3.63) is 33.6 Å². The summed E-state index contributed by atoms with van der Waals surface area (Å²) in [5, 5.41) is 0. The Morgan fingerprint density at radius 2 is 2.00 bits per heavy atom. The van der Waals surface area contributed by atoms with Crippen LogP contribution in [0.15, 0.2) is 15.5 Å². The van der Waals surface area contributed by atoms with Crippen LogP contribution in [0.4, 0.5) is 13.2 Å². The number of aliphatic imine (C=N–C) groups is 1. The zero-order valence-corrected chi connectivity index (χ0v) is 8.24. The van der Waals surface area contributed by atoms with Gasteiger partial charge >= 0.3 is 0 Å². The van der Waals surface area contributed by atoms with Crippen LogP contribution in [-0.4, -0.2) is 6.08 Å². The molecule has 14 heavy (non-hydrogen) atoms. The smallest absolute Gasteiger partial charge is 0.211 e. The van der Waals surface area contributed by atoms with E-state index in [0.717, 1.165) is 0 Å². The molecule has 1 aromatic carbocycles. The average molecular weight is 266 g/mol. The minimum Gasteiger partial charge on any atom is -0.211 e. The van der Waals surface area contributed by atoms with E-state index in [4.69, 9.17) is 0 Å². The molecule has 0 atom stereocenters. The molecule has 0 aliphatic rings. The quantitative estimate of drug-likeness (QED) is 0.350. The topological polar surface area (TPSA) is 29.4 Å². The van der Waals surface area contributed by atoms with Gasteiger partial charge in [-0.15, -0.1) is 0 Å². The standard InChI is InChI=1S/C8H3BrF3NO/c9-6-7(11)4(2-13-3-14)1-5(10)8(6)12/h1H,2H2. The highest BCUT2D eigenvalue weighted by atomic mass is 79.9. The van der Waals surface area contributed by atoms with Gasteiger partial charge in [-0.1, -0.05) is 0 Å². The van der Waals surface area contributed by atoms with Crippen molar-refractivity contribution in [2.45, 2.75) is 6.54 Å². The fourth-order valence-electron chi connectivity index (χ4n) is 0.854. The Balaban J connectivity index is 3.25. The average Bonchev–Trinajstić information content (AvgIpc) is 2.18. The van der Waals surface area contributed by atoms with E-state index in [1.54, 1.807) is 0 Å². The number of benzene rings is 1. The Morgan fingerprint density at radius 3 is 2.57 bits per heavy atom. The van der Waals surface area contributed by atoms with Crippen molar-refractivity contribution in [2.75, 3.05) is 0 Å². The molecule has 1 aromatic rings. The lowest BCUT2D eigenvalue weighted by molar-refractivity contribution is 0.482. The molecule has 74 valence electrons. The van der Waals surface area contributed by atoms with E-state index in [1.807, 2.05) is 0 Å². The van der Waals surface area contributed by atoms with Crippen LogP contribution >= 0.6 is 15.9 Å². The highest BCUT2D eigenvalue weighted by Gasteiger charge is 2.16. The molecular formula is C8H3BrF3NO. The number of carbonyl (C=O) groups excluding carboxylic acids is 1. The van der Waals surface area contributed by atoms with Crippen LogP contribution in [0.3, 0.4) is 0 Å². The van der Waals surface area contributed by atoms with Crippen molar-refractivity contribution in [1.82, 2.24) is 0 Å². The maximum atomic E-state index is 13.1. The molecule has 0 unspecified atom stereocenters. The van der Waals surface area contributed by atoms with Gasteiger partial charge in [0, 0.05) is 5.56 Å². The van der Waals surface area contributed by atoms with Crippen molar-refractivity contribution >= 4 is 22.0 Å². The summed E-state index contributed by atoms with van der Waals surface area (Å²) in [5.74, 6) is -3.47. The van der Waals surface area contributed by atoms with E-state index < -0.39 is 21.9 Å². The van der Waals surface area contributed by atoms with E-state index >= 15 is 0 Å². The first-order valence-electron chi connectivity index (χ1n) is 3.43. The van der Waals surface area contributed by atoms with Gasteiger partial charge in [-0.2, -0.15) is 0 Å². The summed E-state index contributed by atoms with van der Waals surface area (Å²) in [6.45, 7) is -0.370. The van der Waals surface area contributed by atoms with Crippen LogP contribution in [0.2, 0.25) is 0 Å². The minimum absolute atomic E-state index is 0.209. The Morgan fingerprint density at radius 1 is 1.36 bits per heavy atom. The molecule has 0 radical (unpaired) electrons. The Kier molecular flexibility index (Phi) is 3.43. The predicted molar refractivity (Wildman–Crippen MR) is 45.8 cm³/mol. The van der Waals surface area contributed by atoms with Gasteiger partial charge in [0.15, 0.2) is 11.6 Å². The molecule has 0 amide bonds. The molecule has 0 spiro atoms. The largest absolute Gasteiger partial charge is 0.235 e. The van der Waals surface area contributed by atoms with Crippen LogP contribution in [0, 0.1) is 17.5 Å². The first-order chi connectivity index (χ1) is 6.57. The van der Waals surface area contributed by atoms with E-state index in [9.17, 15) is 18.0 Å². The molecule has 0 aliphatic carbocycles.